The van der Waals surface area contributed by atoms with Crippen molar-refractivity contribution in [2.24, 2.45) is 0 Å². The Morgan fingerprint density at radius 3 is 1.74 bits per heavy atom. The van der Waals surface area contributed by atoms with E-state index in [1.807, 2.05) is 0 Å². The lowest BCUT2D eigenvalue weighted by Crippen LogP contribution is -1.80. The van der Waals surface area contributed by atoms with Crippen LogP contribution in [0.3, 0.4) is 0 Å². The summed E-state index contributed by atoms with van der Waals surface area (Å²) in [6.45, 7) is 2.26. The summed E-state index contributed by atoms with van der Waals surface area (Å²) in [4.78, 5) is 0. The van der Waals surface area contributed by atoms with Crippen molar-refractivity contribution in [1.29, 1.82) is 0 Å². The van der Waals surface area contributed by atoms with Crippen LogP contribution in [-0.2, 0) is 0 Å². The monoisotopic (exact) mass is 282 g/mol. The van der Waals surface area contributed by atoms with Crippen molar-refractivity contribution < 1.29 is 0 Å². The molecule has 0 heterocycles. The molecular weight excluding hydrogens is 248 g/mol. The molecule has 0 aromatic heterocycles. The van der Waals surface area contributed by atoms with Gasteiger partial charge in [0.2, 0.25) is 0 Å². The van der Waals surface area contributed by atoms with E-state index in [1.165, 1.54) is 70.6 Å². The van der Waals surface area contributed by atoms with Crippen LogP contribution >= 0.6 is 12.6 Å². The van der Waals surface area contributed by atoms with Crippen LogP contribution in [0.2, 0.25) is 0 Å². The van der Waals surface area contributed by atoms with Crippen LogP contribution in [-0.4, -0.2) is 5.75 Å². The molecule has 0 aliphatic carbocycles. The fraction of sp³-hybridized carbons (Fsp3) is 0.778. The van der Waals surface area contributed by atoms with Gasteiger partial charge >= 0.3 is 0 Å². The summed E-state index contributed by atoms with van der Waals surface area (Å²) in [5.74, 6) is 1.05. The van der Waals surface area contributed by atoms with Crippen LogP contribution in [0.15, 0.2) is 24.3 Å². The van der Waals surface area contributed by atoms with Crippen molar-refractivity contribution in [2.75, 3.05) is 5.75 Å². The van der Waals surface area contributed by atoms with Gasteiger partial charge in [-0.3, -0.25) is 0 Å². The van der Waals surface area contributed by atoms with Crippen molar-refractivity contribution in [3.8, 4) is 0 Å². The number of unbranched alkanes of at least 4 members (excludes halogenated alkanes) is 9. The Kier molecular flexibility index (Phi) is 17.7. The zero-order valence-corrected chi connectivity index (χ0v) is 13.8. The lowest BCUT2D eigenvalue weighted by Gasteiger charge is -1.98. The Labute approximate surface area is 127 Å². The Bertz CT molecular complexity index is 206. The van der Waals surface area contributed by atoms with E-state index in [9.17, 15) is 0 Å². The van der Waals surface area contributed by atoms with Crippen molar-refractivity contribution in [3.05, 3.63) is 24.3 Å². The predicted octanol–water partition coefficient (Wildman–Crippen LogP) is 6.73. The third-order valence-electron chi connectivity index (χ3n) is 3.36. The third-order valence-corrected chi connectivity index (χ3v) is 3.67. The van der Waals surface area contributed by atoms with Crippen LogP contribution in [0, 0.1) is 0 Å². The molecule has 0 saturated heterocycles. The SMILES string of the molecule is CCCCC/C=C\C/C=C\CCCCCCCCS. The lowest BCUT2D eigenvalue weighted by molar-refractivity contribution is 0.613. The molecule has 19 heavy (non-hydrogen) atoms. The van der Waals surface area contributed by atoms with Crippen molar-refractivity contribution in [1.82, 2.24) is 0 Å². The molecule has 0 aliphatic rings. The predicted molar refractivity (Wildman–Crippen MR) is 93.2 cm³/mol. The van der Waals surface area contributed by atoms with Gasteiger partial charge in [-0.05, 0) is 44.3 Å². The number of allylic oxidation sites excluding steroid dienone is 4. The Hall–Kier alpha value is -0.170. The van der Waals surface area contributed by atoms with Crippen LogP contribution in [0.5, 0.6) is 0 Å². The van der Waals surface area contributed by atoms with Gasteiger partial charge in [0.1, 0.15) is 0 Å². The molecule has 0 atom stereocenters. The Balaban J connectivity index is 3.12. The van der Waals surface area contributed by atoms with Gasteiger partial charge in [-0.2, -0.15) is 12.6 Å². The maximum atomic E-state index is 4.23. The van der Waals surface area contributed by atoms with Gasteiger partial charge in [0, 0.05) is 0 Å². The van der Waals surface area contributed by atoms with Gasteiger partial charge in [0.25, 0.3) is 0 Å². The highest BCUT2D eigenvalue weighted by Gasteiger charge is 1.89. The molecule has 0 fully saturated rings. The van der Waals surface area contributed by atoms with Crippen LogP contribution in [0.4, 0.5) is 0 Å². The first-order valence-corrected chi connectivity index (χ1v) is 8.96. The van der Waals surface area contributed by atoms with Crippen LogP contribution in [0.25, 0.3) is 0 Å². The fourth-order valence-electron chi connectivity index (χ4n) is 2.10. The number of hydrogen-bond donors (Lipinski definition) is 1. The maximum absolute atomic E-state index is 4.23. The first-order valence-electron chi connectivity index (χ1n) is 8.32. The summed E-state index contributed by atoms with van der Waals surface area (Å²) in [7, 11) is 0. The van der Waals surface area contributed by atoms with Crippen molar-refractivity contribution in [3.63, 3.8) is 0 Å². The van der Waals surface area contributed by atoms with Gasteiger partial charge in [0.15, 0.2) is 0 Å². The Morgan fingerprint density at radius 1 is 0.632 bits per heavy atom. The highest BCUT2D eigenvalue weighted by atomic mass is 32.1. The minimum Gasteiger partial charge on any atom is -0.179 e. The van der Waals surface area contributed by atoms with Crippen LogP contribution in [0.1, 0.15) is 84.0 Å². The van der Waals surface area contributed by atoms with E-state index in [-0.39, 0.29) is 0 Å². The van der Waals surface area contributed by atoms with E-state index < -0.39 is 0 Å². The van der Waals surface area contributed by atoms with Crippen LogP contribution < -0.4 is 0 Å². The smallest absolute Gasteiger partial charge is 0.00979 e. The summed E-state index contributed by atoms with van der Waals surface area (Å²) >= 11 is 4.23. The third kappa shape index (κ3) is 17.8. The quantitative estimate of drug-likeness (QED) is 0.204. The van der Waals surface area contributed by atoms with Gasteiger partial charge in [-0.15, -0.1) is 0 Å². The standard InChI is InChI=1S/C18H34S/c1-2-3-4-5-6-7-8-9-10-11-12-13-14-15-16-17-18-19/h6-7,9-10,19H,2-5,8,11-18H2,1H3/b7-6-,10-9-. The van der Waals surface area contributed by atoms with E-state index in [2.05, 4.69) is 43.9 Å². The second kappa shape index (κ2) is 17.8. The molecule has 0 N–H and O–H groups in total. The normalized spacial score (nSPS) is 11.9. The van der Waals surface area contributed by atoms with Gasteiger partial charge < -0.3 is 0 Å². The van der Waals surface area contributed by atoms with E-state index >= 15 is 0 Å². The number of thiol groups is 1. The summed E-state index contributed by atoms with van der Waals surface area (Å²) < 4.78 is 0. The minimum absolute atomic E-state index is 1.05. The Morgan fingerprint density at radius 2 is 1.16 bits per heavy atom. The molecule has 1 heteroatoms. The van der Waals surface area contributed by atoms with Gasteiger partial charge in [-0.1, -0.05) is 69.8 Å². The topological polar surface area (TPSA) is 0 Å². The molecular formula is C18H34S. The average Bonchev–Trinajstić information content (AvgIpc) is 2.43. The summed E-state index contributed by atoms with van der Waals surface area (Å²) in [6.07, 6.45) is 25.2. The van der Waals surface area contributed by atoms with E-state index in [1.54, 1.807) is 0 Å². The molecule has 0 unspecified atom stereocenters. The molecule has 0 spiro atoms. The second-order valence-electron chi connectivity index (χ2n) is 5.31. The molecule has 0 amide bonds. The van der Waals surface area contributed by atoms with E-state index in [0.29, 0.717) is 0 Å². The molecule has 0 aromatic rings. The minimum atomic E-state index is 1.05. The summed E-state index contributed by atoms with van der Waals surface area (Å²) in [6, 6.07) is 0. The second-order valence-corrected chi connectivity index (χ2v) is 5.76. The van der Waals surface area contributed by atoms with E-state index in [0.717, 1.165) is 12.2 Å². The largest absolute Gasteiger partial charge is 0.179 e. The molecule has 0 saturated carbocycles. The van der Waals surface area contributed by atoms with Crippen molar-refractivity contribution in [2.45, 2.75) is 84.0 Å². The van der Waals surface area contributed by atoms with Gasteiger partial charge in [-0.25, -0.2) is 0 Å². The maximum Gasteiger partial charge on any atom is -0.00979 e. The number of rotatable bonds is 14. The van der Waals surface area contributed by atoms with E-state index in [4.69, 9.17) is 0 Å². The molecule has 0 nitrogen and oxygen atoms in total. The zero-order valence-electron chi connectivity index (χ0n) is 12.9. The summed E-state index contributed by atoms with van der Waals surface area (Å²) in [5, 5.41) is 0. The molecule has 0 bridgehead atoms. The molecule has 0 radical (unpaired) electrons. The first-order chi connectivity index (χ1) is 9.41. The first kappa shape index (κ1) is 18.8. The van der Waals surface area contributed by atoms with Crippen molar-refractivity contribution >= 4 is 12.6 Å². The zero-order chi connectivity index (χ0) is 14.0. The number of hydrogen-bond acceptors (Lipinski definition) is 1. The molecule has 112 valence electrons. The highest BCUT2D eigenvalue weighted by molar-refractivity contribution is 7.80. The fourth-order valence-corrected chi connectivity index (χ4v) is 2.32. The summed E-state index contributed by atoms with van der Waals surface area (Å²) in [5.41, 5.74) is 0. The highest BCUT2D eigenvalue weighted by Crippen LogP contribution is 2.08. The lowest BCUT2D eigenvalue weighted by atomic mass is 10.1. The molecule has 0 rings (SSSR count). The molecule has 0 aromatic carbocycles. The molecule has 0 aliphatic heterocycles. The average molecular weight is 283 g/mol. The van der Waals surface area contributed by atoms with Gasteiger partial charge in [0.05, 0.1) is 0 Å².